The monoisotopic (exact) mass is 510 g/mol. The van der Waals surface area contributed by atoms with Crippen LogP contribution < -0.4 is 0 Å². The van der Waals surface area contributed by atoms with Crippen LogP contribution in [0.25, 0.3) is 22.3 Å². The molecule has 4 aromatic rings. The van der Waals surface area contributed by atoms with Gasteiger partial charge in [0.05, 0.1) is 37.6 Å². The smallest absolute Gasteiger partial charge is 0.338 e. The van der Waals surface area contributed by atoms with Gasteiger partial charge in [-0.1, -0.05) is 97.1 Å². The summed E-state index contributed by atoms with van der Waals surface area (Å²) in [6.07, 6.45) is 0. The van der Waals surface area contributed by atoms with Gasteiger partial charge in [0.2, 0.25) is 0 Å². The summed E-state index contributed by atoms with van der Waals surface area (Å²) in [6, 6.07) is 34.2. The van der Waals surface area contributed by atoms with Crippen LogP contribution in [0.4, 0.5) is 0 Å². The first-order valence-corrected chi connectivity index (χ1v) is 12.5. The molecular formula is C32H30O6. The lowest BCUT2D eigenvalue weighted by molar-refractivity contribution is 0.00233. The van der Waals surface area contributed by atoms with Gasteiger partial charge in [-0.3, -0.25) is 0 Å². The van der Waals surface area contributed by atoms with E-state index in [4.69, 9.17) is 18.9 Å². The standard InChI is InChI=1S/C32H30O6/c33-31(29-17-9-7-15-27(29)25-11-3-1-4-12-25)37-23-21-35-19-20-36-22-24-38-32(34)30-18-10-8-16-28(30)26-13-5-2-6-14-26/h1-18H,19-24H2. The van der Waals surface area contributed by atoms with E-state index in [1.165, 1.54) is 0 Å². The predicted molar refractivity (Wildman–Crippen MR) is 146 cm³/mol. The van der Waals surface area contributed by atoms with Crippen LogP contribution in [0, 0.1) is 0 Å². The van der Waals surface area contributed by atoms with Crippen molar-refractivity contribution in [1.29, 1.82) is 0 Å². The van der Waals surface area contributed by atoms with E-state index < -0.39 is 0 Å². The summed E-state index contributed by atoms with van der Waals surface area (Å²) >= 11 is 0. The first-order valence-electron chi connectivity index (χ1n) is 12.5. The molecule has 0 spiro atoms. The highest BCUT2D eigenvalue weighted by Crippen LogP contribution is 2.25. The molecule has 0 aliphatic heterocycles. The van der Waals surface area contributed by atoms with Crippen molar-refractivity contribution in [1.82, 2.24) is 0 Å². The lowest BCUT2D eigenvalue weighted by atomic mass is 10.00. The molecule has 0 fully saturated rings. The van der Waals surface area contributed by atoms with Gasteiger partial charge in [0, 0.05) is 0 Å². The van der Waals surface area contributed by atoms with Crippen LogP contribution in [-0.2, 0) is 18.9 Å². The van der Waals surface area contributed by atoms with Gasteiger partial charge in [0.15, 0.2) is 0 Å². The summed E-state index contributed by atoms with van der Waals surface area (Å²) in [7, 11) is 0. The molecule has 0 unspecified atom stereocenters. The Morgan fingerprint density at radius 3 is 1.18 bits per heavy atom. The molecule has 0 aliphatic rings. The molecule has 194 valence electrons. The average molecular weight is 511 g/mol. The van der Waals surface area contributed by atoms with Crippen LogP contribution in [0.15, 0.2) is 109 Å². The molecular weight excluding hydrogens is 480 g/mol. The number of rotatable bonds is 13. The summed E-state index contributed by atoms with van der Waals surface area (Å²) in [5.41, 5.74) is 4.61. The Morgan fingerprint density at radius 1 is 0.421 bits per heavy atom. The Hall–Kier alpha value is -4.26. The van der Waals surface area contributed by atoms with Crippen molar-refractivity contribution in [2.75, 3.05) is 39.6 Å². The maximum atomic E-state index is 12.6. The normalized spacial score (nSPS) is 10.6. The van der Waals surface area contributed by atoms with Crippen LogP contribution in [-0.4, -0.2) is 51.6 Å². The van der Waals surface area contributed by atoms with Gasteiger partial charge in [-0.25, -0.2) is 9.59 Å². The minimum absolute atomic E-state index is 0.139. The van der Waals surface area contributed by atoms with Crippen LogP contribution >= 0.6 is 0 Å². The summed E-state index contributed by atoms with van der Waals surface area (Å²) in [5, 5.41) is 0. The largest absolute Gasteiger partial charge is 0.460 e. The zero-order valence-electron chi connectivity index (χ0n) is 21.1. The molecule has 0 atom stereocenters. The second kappa shape index (κ2) is 14.5. The van der Waals surface area contributed by atoms with E-state index in [0.29, 0.717) is 24.3 Å². The number of carbonyl (C=O) groups is 2. The van der Waals surface area contributed by atoms with Crippen molar-refractivity contribution in [3.05, 3.63) is 120 Å². The zero-order chi connectivity index (χ0) is 26.4. The van der Waals surface area contributed by atoms with E-state index in [1.54, 1.807) is 12.1 Å². The van der Waals surface area contributed by atoms with Gasteiger partial charge in [-0.2, -0.15) is 0 Å². The molecule has 0 radical (unpaired) electrons. The first-order chi connectivity index (χ1) is 18.7. The second-order valence-electron chi connectivity index (χ2n) is 8.32. The second-order valence-corrected chi connectivity index (χ2v) is 8.32. The molecule has 0 saturated heterocycles. The van der Waals surface area contributed by atoms with Crippen molar-refractivity contribution >= 4 is 11.9 Å². The van der Waals surface area contributed by atoms with Gasteiger partial charge in [0.1, 0.15) is 13.2 Å². The molecule has 0 saturated carbocycles. The average Bonchev–Trinajstić information content (AvgIpc) is 2.98. The molecule has 38 heavy (non-hydrogen) atoms. The fourth-order valence-corrected chi connectivity index (χ4v) is 3.93. The number of hydrogen-bond acceptors (Lipinski definition) is 6. The topological polar surface area (TPSA) is 71.1 Å². The summed E-state index contributed by atoms with van der Waals surface area (Å²) < 4.78 is 21.7. The fraction of sp³-hybridized carbons (Fsp3) is 0.188. The summed E-state index contributed by atoms with van der Waals surface area (Å²) in [6.45, 7) is 1.47. The Balaban J connectivity index is 1.10. The van der Waals surface area contributed by atoms with Gasteiger partial charge in [-0.05, 0) is 34.4 Å². The van der Waals surface area contributed by atoms with E-state index in [0.717, 1.165) is 22.3 Å². The zero-order valence-corrected chi connectivity index (χ0v) is 21.1. The van der Waals surface area contributed by atoms with Crippen molar-refractivity contribution < 1.29 is 28.5 Å². The third-order valence-electron chi connectivity index (χ3n) is 5.76. The molecule has 6 nitrogen and oxygen atoms in total. The molecule has 4 aromatic carbocycles. The lowest BCUT2D eigenvalue weighted by Crippen LogP contribution is -2.15. The molecule has 4 rings (SSSR count). The molecule has 0 amide bonds. The minimum atomic E-state index is -0.389. The van der Waals surface area contributed by atoms with Crippen LogP contribution in [0.1, 0.15) is 20.7 Å². The highest BCUT2D eigenvalue weighted by Gasteiger charge is 2.14. The van der Waals surface area contributed by atoms with Crippen molar-refractivity contribution in [3.8, 4) is 22.3 Å². The maximum Gasteiger partial charge on any atom is 0.338 e. The van der Waals surface area contributed by atoms with Crippen molar-refractivity contribution in [3.63, 3.8) is 0 Å². The number of benzene rings is 4. The summed E-state index contributed by atoms with van der Waals surface area (Å²) in [4.78, 5) is 25.1. The number of hydrogen-bond donors (Lipinski definition) is 0. The third-order valence-corrected chi connectivity index (χ3v) is 5.76. The van der Waals surface area contributed by atoms with E-state index in [1.807, 2.05) is 97.1 Å². The molecule has 0 bridgehead atoms. The molecule has 0 aromatic heterocycles. The number of esters is 2. The highest BCUT2D eigenvalue weighted by atomic mass is 16.6. The Labute approximate surface area is 222 Å². The summed E-state index contributed by atoms with van der Waals surface area (Å²) in [5.74, 6) is -0.778. The lowest BCUT2D eigenvalue weighted by Gasteiger charge is -2.11. The molecule has 0 heterocycles. The van der Waals surface area contributed by atoms with E-state index >= 15 is 0 Å². The quantitative estimate of drug-likeness (QED) is 0.161. The van der Waals surface area contributed by atoms with Gasteiger partial charge in [-0.15, -0.1) is 0 Å². The van der Waals surface area contributed by atoms with Gasteiger partial charge < -0.3 is 18.9 Å². The molecule has 0 N–H and O–H groups in total. The van der Waals surface area contributed by atoms with Crippen LogP contribution in [0.3, 0.4) is 0 Å². The van der Waals surface area contributed by atoms with Gasteiger partial charge >= 0.3 is 11.9 Å². The van der Waals surface area contributed by atoms with Crippen LogP contribution in [0.5, 0.6) is 0 Å². The SMILES string of the molecule is O=C(OCCOCCOCCOC(=O)c1ccccc1-c1ccccc1)c1ccccc1-c1ccccc1. The fourth-order valence-electron chi connectivity index (χ4n) is 3.93. The molecule has 0 aliphatic carbocycles. The predicted octanol–water partition coefficient (Wildman–Crippen LogP) is 6.07. The van der Waals surface area contributed by atoms with E-state index in [2.05, 4.69) is 0 Å². The minimum Gasteiger partial charge on any atom is -0.460 e. The molecule has 6 heteroatoms. The van der Waals surface area contributed by atoms with E-state index in [9.17, 15) is 9.59 Å². The number of ether oxygens (including phenoxy) is 4. The van der Waals surface area contributed by atoms with E-state index in [-0.39, 0.29) is 38.4 Å². The Morgan fingerprint density at radius 2 is 0.763 bits per heavy atom. The Kier molecular flexibility index (Phi) is 10.2. The third kappa shape index (κ3) is 7.62. The first kappa shape index (κ1) is 26.8. The highest BCUT2D eigenvalue weighted by molar-refractivity contribution is 5.98. The Bertz CT molecular complexity index is 1200. The van der Waals surface area contributed by atoms with Crippen molar-refractivity contribution in [2.45, 2.75) is 0 Å². The van der Waals surface area contributed by atoms with Crippen LogP contribution in [0.2, 0.25) is 0 Å². The number of carbonyl (C=O) groups excluding carboxylic acids is 2. The van der Waals surface area contributed by atoms with Gasteiger partial charge in [0.25, 0.3) is 0 Å². The maximum absolute atomic E-state index is 12.6. The van der Waals surface area contributed by atoms with Crippen molar-refractivity contribution in [2.24, 2.45) is 0 Å².